The molecule has 1 atom stereocenters. The lowest BCUT2D eigenvalue weighted by Gasteiger charge is -2.05. The van der Waals surface area contributed by atoms with Gasteiger partial charge in [-0.15, -0.1) is 10.2 Å². The van der Waals surface area contributed by atoms with Crippen LogP contribution in [0.15, 0.2) is 18.3 Å². The first-order valence-electron chi connectivity index (χ1n) is 5.71. The van der Waals surface area contributed by atoms with Gasteiger partial charge < -0.3 is 0 Å². The van der Waals surface area contributed by atoms with Crippen LogP contribution < -0.4 is 0 Å². The van der Waals surface area contributed by atoms with Crippen molar-refractivity contribution in [2.24, 2.45) is 5.92 Å². The SMILES string of the molecule is Cc1ccn2c(CC3CCSC3)nnc2c1. The smallest absolute Gasteiger partial charge is 0.161 e. The van der Waals surface area contributed by atoms with Gasteiger partial charge in [0.25, 0.3) is 0 Å². The molecule has 0 aromatic carbocycles. The summed E-state index contributed by atoms with van der Waals surface area (Å²) >= 11 is 2.05. The van der Waals surface area contributed by atoms with Crippen molar-refractivity contribution in [1.82, 2.24) is 14.6 Å². The summed E-state index contributed by atoms with van der Waals surface area (Å²) in [6, 6.07) is 4.20. The van der Waals surface area contributed by atoms with Gasteiger partial charge in [0, 0.05) is 12.6 Å². The van der Waals surface area contributed by atoms with E-state index in [0.29, 0.717) is 0 Å². The molecule has 84 valence electrons. The van der Waals surface area contributed by atoms with E-state index in [-0.39, 0.29) is 0 Å². The molecule has 1 saturated heterocycles. The fourth-order valence-corrected chi connectivity index (χ4v) is 3.47. The van der Waals surface area contributed by atoms with Crippen molar-refractivity contribution in [1.29, 1.82) is 0 Å². The van der Waals surface area contributed by atoms with Gasteiger partial charge in [0.15, 0.2) is 5.65 Å². The van der Waals surface area contributed by atoms with Crippen molar-refractivity contribution < 1.29 is 0 Å². The Labute approximate surface area is 99.3 Å². The summed E-state index contributed by atoms with van der Waals surface area (Å²) in [5.74, 6) is 4.49. The predicted molar refractivity (Wildman–Crippen MR) is 66.9 cm³/mol. The van der Waals surface area contributed by atoms with Crippen molar-refractivity contribution in [2.75, 3.05) is 11.5 Å². The van der Waals surface area contributed by atoms with Crippen LogP contribution in [0, 0.1) is 12.8 Å². The highest BCUT2D eigenvalue weighted by Crippen LogP contribution is 2.26. The lowest BCUT2D eigenvalue weighted by Crippen LogP contribution is -2.06. The van der Waals surface area contributed by atoms with Gasteiger partial charge in [0.05, 0.1) is 0 Å². The average molecular weight is 233 g/mol. The Morgan fingerprint density at radius 1 is 1.50 bits per heavy atom. The normalized spacial score (nSPS) is 20.7. The summed E-state index contributed by atoms with van der Waals surface area (Å²) in [4.78, 5) is 0. The topological polar surface area (TPSA) is 30.2 Å². The molecule has 0 amide bonds. The Hall–Kier alpha value is -1.03. The highest BCUT2D eigenvalue weighted by Gasteiger charge is 2.18. The van der Waals surface area contributed by atoms with Crippen LogP contribution in [0.25, 0.3) is 5.65 Å². The second-order valence-electron chi connectivity index (χ2n) is 4.48. The Balaban J connectivity index is 1.91. The lowest BCUT2D eigenvalue weighted by molar-refractivity contribution is 0.572. The average Bonchev–Trinajstić information content (AvgIpc) is 2.89. The Morgan fingerprint density at radius 2 is 2.44 bits per heavy atom. The lowest BCUT2D eigenvalue weighted by atomic mass is 10.1. The fourth-order valence-electron chi connectivity index (χ4n) is 2.18. The van der Waals surface area contributed by atoms with E-state index < -0.39 is 0 Å². The summed E-state index contributed by atoms with van der Waals surface area (Å²) in [6.07, 6.45) is 4.48. The molecule has 1 aliphatic rings. The highest BCUT2D eigenvalue weighted by atomic mass is 32.2. The maximum absolute atomic E-state index is 4.30. The number of fused-ring (bicyclic) bond motifs is 1. The molecule has 0 bridgehead atoms. The van der Waals surface area contributed by atoms with Crippen LogP contribution in [0.1, 0.15) is 17.8 Å². The van der Waals surface area contributed by atoms with Crippen LogP contribution in [-0.2, 0) is 6.42 Å². The molecule has 1 fully saturated rings. The third-order valence-electron chi connectivity index (χ3n) is 3.13. The maximum atomic E-state index is 4.30. The molecule has 1 aliphatic heterocycles. The number of nitrogens with zero attached hydrogens (tertiary/aromatic N) is 3. The van der Waals surface area contributed by atoms with E-state index in [1.807, 2.05) is 0 Å². The number of aryl methyl sites for hydroxylation is 1. The van der Waals surface area contributed by atoms with Crippen LogP contribution >= 0.6 is 11.8 Å². The molecule has 1 unspecified atom stereocenters. The minimum atomic E-state index is 0.790. The van der Waals surface area contributed by atoms with Gasteiger partial charge in [-0.25, -0.2) is 0 Å². The van der Waals surface area contributed by atoms with Crippen molar-refractivity contribution in [3.8, 4) is 0 Å². The Kier molecular flexibility index (Phi) is 2.59. The molecule has 3 rings (SSSR count). The van der Waals surface area contributed by atoms with E-state index in [2.05, 4.69) is 51.6 Å². The summed E-state index contributed by atoms with van der Waals surface area (Å²) in [5, 5.41) is 8.53. The Morgan fingerprint density at radius 3 is 3.25 bits per heavy atom. The minimum absolute atomic E-state index is 0.790. The van der Waals surface area contributed by atoms with Crippen molar-refractivity contribution >= 4 is 17.4 Å². The molecule has 0 N–H and O–H groups in total. The largest absolute Gasteiger partial charge is 0.286 e. The zero-order chi connectivity index (χ0) is 11.0. The van der Waals surface area contributed by atoms with Crippen LogP contribution in [0.3, 0.4) is 0 Å². The second-order valence-corrected chi connectivity index (χ2v) is 5.63. The zero-order valence-electron chi connectivity index (χ0n) is 9.39. The molecule has 0 aliphatic carbocycles. The van der Waals surface area contributed by atoms with Gasteiger partial charge in [-0.05, 0) is 48.5 Å². The molecule has 0 radical (unpaired) electrons. The van der Waals surface area contributed by atoms with E-state index >= 15 is 0 Å². The predicted octanol–water partition coefficient (Wildman–Crippen LogP) is 2.33. The summed E-state index contributed by atoms with van der Waals surface area (Å²) in [7, 11) is 0. The third-order valence-corrected chi connectivity index (χ3v) is 4.36. The molecule has 4 heteroatoms. The first-order valence-corrected chi connectivity index (χ1v) is 6.86. The van der Waals surface area contributed by atoms with E-state index in [0.717, 1.165) is 23.8 Å². The number of hydrogen-bond acceptors (Lipinski definition) is 3. The molecule has 2 aromatic rings. The molecule has 2 aromatic heterocycles. The molecule has 0 spiro atoms. The molecule has 3 heterocycles. The number of aromatic nitrogens is 3. The fraction of sp³-hybridized carbons (Fsp3) is 0.500. The van der Waals surface area contributed by atoms with Crippen molar-refractivity contribution in [3.05, 3.63) is 29.7 Å². The summed E-state index contributed by atoms with van der Waals surface area (Å²) in [6.45, 7) is 2.09. The Bertz CT molecular complexity index is 500. The van der Waals surface area contributed by atoms with E-state index in [4.69, 9.17) is 0 Å². The number of thioether (sulfide) groups is 1. The van der Waals surface area contributed by atoms with Gasteiger partial charge >= 0.3 is 0 Å². The van der Waals surface area contributed by atoms with Crippen LogP contribution in [0.5, 0.6) is 0 Å². The maximum Gasteiger partial charge on any atom is 0.161 e. The molecule has 3 nitrogen and oxygen atoms in total. The minimum Gasteiger partial charge on any atom is -0.286 e. The molecule has 0 saturated carbocycles. The molecular formula is C12H15N3S. The van der Waals surface area contributed by atoms with Gasteiger partial charge in [0.2, 0.25) is 0 Å². The van der Waals surface area contributed by atoms with Crippen molar-refractivity contribution in [3.63, 3.8) is 0 Å². The van der Waals surface area contributed by atoms with E-state index in [1.54, 1.807) is 0 Å². The van der Waals surface area contributed by atoms with Crippen LogP contribution in [0.2, 0.25) is 0 Å². The van der Waals surface area contributed by atoms with E-state index in [1.165, 1.54) is 23.5 Å². The second kappa shape index (κ2) is 4.09. The quantitative estimate of drug-likeness (QED) is 0.797. The summed E-state index contributed by atoms with van der Waals surface area (Å²) in [5.41, 5.74) is 2.21. The first kappa shape index (κ1) is 10.1. The number of pyridine rings is 1. The number of hydrogen-bond donors (Lipinski definition) is 0. The van der Waals surface area contributed by atoms with Gasteiger partial charge in [-0.1, -0.05) is 0 Å². The highest BCUT2D eigenvalue weighted by molar-refractivity contribution is 7.99. The van der Waals surface area contributed by atoms with E-state index in [9.17, 15) is 0 Å². The van der Waals surface area contributed by atoms with Crippen LogP contribution in [0.4, 0.5) is 0 Å². The van der Waals surface area contributed by atoms with Gasteiger partial charge in [-0.2, -0.15) is 11.8 Å². The first-order chi connectivity index (χ1) is 7.83. The van der Waals surface area contributed by atoms with Gasteiger partial charge in [-0.3, -0.25) is 4.40 Å². The summed E-state index contributed by atoms with van der Waals surface area (Å²) < 4.78 is 2.12. The standard InChI is InChI=1S/C12H15N3S/c1-9-2-4-15-11(6-9)13-14-12(15)7-10-3-5-16-8-10/h2,4,6,10H,3,5,7-8H2,1H3. The number of rotatable bonds is 2. The molecule has 16 heavy (non-hydrogen) atoms. The van der Waals surface area contributed by atoms with Crippen LogP contribution in [-0.4, -0.2) is 26.1 Å². The van der Waals surface area contributed by atoms with Crippen molar-refractivity contribution in [2.45, 2.75) is 19.8 Å². The third kappa shape index (κ3) is 1.82. The monoisotopic (exact) mass is 233 g/mol. The zero-order valence-corrected chi connectivity index (χ0v) is 10.2. The van der Waals surface area contributed by atoms with Gasteiger partial charge in [0.1, 0.15) is 5.82 Å². The molecular weight excluding hydrogens is 218 g/mol.